The Morgan fingerprint density at radius 1 is 0.654 bits per heavy atom. The van der Waals surface area contributed by atoms with Crippen molar-refractivity contribution in [2.24, 2.45) is 0 Å². The Hall–Kier alpha value is -3.42. The lowest BCUT2D eigenvalue weighted by Gasteiger charge is -2.38. The number of hydrogen-bond donors (Lipinski definition) is 4. The molecule has 4 amide bonds. The van der Waals surface area contributed by atoms with Gasteiger partial charge >= 0.3 is 20.4 Å². The largest absolute Gasteiger partial charge is 0.804 e. The molecule has 0 spiro atoms. The summed E-state index contributed by atoms with van der Waals surface area (Å²) in [7, 11) is -2.86. The van der Waals surface area contributed by atoms with Crippen LogP contribution >= 0.6 is 8.25 Å². The number of rotatable bonds is 16. The Kier molecular flexibility index (Phi) is 17.3. The highest BCUT2D eigenvalue weighted by atomic mass is 31.1. The molecule has 16 heteroatoms. The standard InChI is InChI=1S/C36H61N4O11P/c1-13-23(14-2)46-29-19-25(17-27(31(29)37-21(5)41)39-33(43)48-35(7,8)9)50-52(45)51-26-18-28(40-34(44)49-36(10,11)12)32(38-22(6)42)30(20-26)47-24(15-3)16-4/h19-20,23-24,27-32H,13-18H2,1-12H3,(H3-,37,38,39,40,41,42,43,44)/p+1/t27-,28-,29+,30+,31+,32+/m0/s1. The fourth-order valence-electron chi connectivity index (χ4n) is 5.89. The summed E-state index contributed by atoms with van der Waals surface area (Å²) >= 11 is 0. The van der Waals surface area contributed by atoms with Gasteiger partial charge in [0.05, 0.1) is 36.4 Å². The molecule has 2 aliphatic carbocycles. The van der Waals surface area contributed by atoms with Crippen molar-refractivity contribution >= 4 is 32.3 Å². The Morgan fingerprint density at radius 3 is 1.25 bits per heavy atom. The summed E-state index contributed by atoms with van der Waals surface area (Å²) in [5.41, 5.74) is -1.56. The second kappa shape index (κ2) is 20.1. The first-order chi connectivity index (χ1) is 24.2. The van der Waals surface area contributed by atoms with Crippen LogP contribution in [-0.2, 0) is 42.1 Å². The highest BCUT2D eigenvalue weighted by molar-refractivity contribution is 7.33. The number of nitrogens with one attached hydrogen (secondary N) is 4. The van der Waals surface area contributed by atoms with E-state index in [1.165, 1.54) is 13.8 Å². The minimum Gasteiger partial charge on any atom is -0.444 e. The van der Waals surface area contributed by atoms with Crippen LogP contribution in [0.2, 0.25) is 0 Å². The molecule has 296 valence electrons. The van der Waals surface area contributed by atoms with Crippen molar-refractivity contribution in [1.29, 1.82) is 0 Å². The fraction of sp³-hybridized carbons (Fsp3) is 0.778. The van der Waals surface area contributed by atoms with E-state index in [1.807, 2.05) is 27.7 Å². The van der Waals surface area contributed by atoms with Crippen molar-refractivity contribution in [2.45, 2.75) is 181 Å². The van der Waals surface area contributed by atoms with Crippen molar-refractivity contribution in [2.75, 3.05) is 0 Å². The van der Waals surface area contributed by atoms with Gasteiger partial charge in [-0.25, -0.2) is 18.6 Å². The van der Waals surface area contributed by atoms with Gasteiger partial charge < -0.3 is 40.2 Å². The molecule has 0 aliphatic heterocycles. The van der Waals surface area contributed by atoms with E-state index in [0.29, 0.717) is 25.7 Å². The highest BCUT2D eigenvalue weighted by Gasteiger charge is 2.44. The lowest BCUT2D eigenvalue weighted by Crippen LogP contribution is -2.59. The monoisotopic (exact) mass is 757 g/mol. The molecule has 6 atom stereocenters. The molecular weight excluding hydrogens is 695 g/mol. The van der Waals surface area contributed by atoms with Gasteiger partial charge in [0.25, 0.3) is 0 Å². The molecule has 0 heterocycles. The maximum absolute atomic E-state index is 13.6. The lowest BCUT2D eigenvalue weighted by atomic mass is 9.91. The average Bonchev–Trinajstić information content (AvgIpc) is 2.99. The van der Waals surface area contributed by atoms with Gasteiger partial charge in [0.2, 0.25) is 11.8 Å². The molecule has 52 heavy (non-hydrogen) atoms. The maximum Gasteiger partial charge on any atom is 0.804 e. The zero-order valence-electron chi connectivity index (χ0n) is 33.0. The topological polar surface area (TPSA) is 189 Å². The van der Waals surface area contributed by atoms with Crippen LogP contribution in [0.1, 0.15) is 122 Å². The SMILES string of the molecule is CCC(CC)O[C@@H]1C=C(O[P+](=O)OC2=C[C@@H](OC(CC)CC)[C@H](NC(C)=O)[C@@H](NC(=O)OC(C)(C)C)C2)C[C@H](NC(=O)OC(C)(C)C)[C@H]1NC(C)=O. The Labute approximate surface area is 310 Å². The van der Waals surface area contributed by atoms with Crippen LogP contribution in [0.15, 0.2) is 23.7 Å². The van der Waals surface area contributed by atoms with Crippen molar-refractivity contribution in [3.63, 3.8) is 0 Å². The van der Waals surface area contributed by atoms with Crippen LogP contribution in [0.5, 0.6) is 0 Å². The van der Waals surface area contributed by atoms with Crippen LogP contribution in [-0.4, -0.2) is 83.8 Å². The second-order valence-corrected chi connectivity index (χ2v) is 15.9. The highest BCUT2D eigenvalue weighted by Crippen LogP contribution is 2.38. The van der Waals surface area contributed by atoms with Gasteiger partial charge in [-0.2, -0.15) is 0 Å². The lowest BCUT2D eigenvalue weighted by molar-refractivity contribution is -0.122. The molecule has 15 nitrogen and oxygen atoms in total. The minimum atomic E-state index is -2.86. The van der Waals surface area contributed by atoms with E-state index in [2.05, 4.69) is 21.3 Å². The molecule has 2 aliphatic rings. The molecule has 4 N–H and O–H groups in total. The zero-order chi connectivity index (χ0) is 39.4. The summed E-state index contributed by atoms with van der Waals surface area (Å²) in [6.07, 6.45) is 2.84. The van der Waals surface area contributed by atoms with Crippen LogP contribution in [0.3, 0.4) is 0 Å². The van der Waals surface area contributed by atoms with Gasteiger partial charge in [-0.15, -0.1) is 0 Å². The number of ether oxygens (including phenoxy) is 4. The molecule has 0 bridgehead atoms. The molecular formula is C36H62N4O11P+. The van der Waals surface area contributed by atoms with Gasteiger partial charge in [0.1, 0.15) is 23.4 Å². The predicted molar refractivity (Wildman–Crippen MR) is 195 cm³/mol. The Bertz CT molecular complexity index is 1210. The summed E-state index contributed by atoms with van der Waals surface area (Å²) in [6, 6.07) is -2.89. The molecule has 0 saturated heterocycles. The first-order valence-corrected chi connectivity index (χ1v) is 19.3. The fourth-order valence-corrected chi connectivity index (χ4v) is 6.58. The summed E-state index contributed by atoms with van der Waals surface area (Å²) < 4.78 is 49.0. The number of carbonyl (C=O) groups is 4. The quantitative estimate of drug-likeness (QED) is 0.131. The third kappa shape index (κ3) is 15.7. The third-order valence-electron chi connectivity index (χ3n) is 8.17. The predicted octanol–water partition coefficient (Wildman–Crippen LogP) is 6.20. The zero-order valence-corrected chi connectivity index (χ0v) is 33.8. The van der Waals surface area contributed by atoms with Gasteiger partial charge in [-0.3, -0.25) is 9.59 Å². The van der Waals surface area contributed by atoms with Gasteiger partial charge in [0.15, 0.2) is 11.5 Å². The van der Waals surface area contributed by atoms with Crippen molar-refractivity contribution in [1.82, 2.24) is 21.3 Å². The van der Waals surface area contributed by atoms with Crippen LogP contribution in [0, 0.1) is 0 Å². The van der Waals surface area contributed by atoms with E-state index < -0.39 is 68.0 Å². The first kappa shape index (κ1) is 44.7. The van der Waals surface area contributed by atoms with E-state index in [4.69, 9.17) is 28.0 Å². The summed E-state index contributed by atoms with van der Waals surface area (Å²) in [5.74, 6) is -0.235. The number of alkyl carbamates (subject to hydrolysis) is 2. The molecule has 0 saturated carbocycles. The van der Waals surface area contributed by atoms with Gasteiger partial charge in [0, 0.05) is 31.3 Å². The van der Waals surface area contributed by atoms with E-state index in [0.717, 1.165) is 0 Å². The molecule has 0 fully saturated rings. The molecule has 0 unspecified atom stereocenters. The Balaban J connectivity index is 2.45. The molecule has 0 aromatic rings. The molecule has 0 radical (unpaired) electrons. The molecule has 0 aromatic heterocycles. The average molecular weight is 758 g/mol. The summed E-state index contributed by atoms with van der Waals surface area (Å²) in [6.45, 7) is 21.1. The van der Waals surface area contributed by atoms with Crippen molar-refractivity contribution < 1.29 is 51.7 Å². The summed E-state index contributed by atoms with van der Waals surface area (Å²) in [4.78, 5) is 50.4. The van der Waals surface area contributed by atoms with Crippen molar-refractivity contribution in [3.8, 4) is 0 Å². The van der Waals surface area contributed by atoms with E-state index in [-0.39, 0.29) is 48.4 Å². The van der Waals surface area contributed by atoms with E-state index >= 15 is 0 Å². The second-order valence-electron chi connectivity index (χ2n) is 15.1. The number of carbonyl (C=O) groups excluding carboxylic acids is 4. The maximum atomic E-state index is 13.6. The van der Waals surface area contributed by atoms with Gasteiger partial charge in [-0.1, -0.05) is 27.7 Å². The third-order valence-corrected chi connectivity index (χ3v) is 8.93. The van der Waals surface area contributed by atoms with Crippen LogP contribution in [0.4, 0.5) is 9.59 Å². The molecule has 2 rings (SSSR count). The van der Waals surface area contributed by atoms with Crippen LogP contribution in [0.25, 0.3) is 0 Å². The van der Waals surface area contributed by atoms with Gasteiger partial charge in [-0.05, 0) is 79.4 Å². The number of amides is 4. The van der Waals surface area contributed by atoms with E-state index in [9.17, 15) is 23.7 Å². The Morgan fingerprint density at radius 2 is 0.981 bits per heavy atom. The molecule has 0 aromatic carbocycles. The smallest absolute Gasteiger partial charge is 0.444 e. The van der Waals surface area contributed by atoms with E-state index in [1.54, 1.807) is 53.7 Å². The minimum absolute atomic E-state index is 0.0320. The van der Waals surface area contributed by atoms with Crippen molar-refractivity contribution in [3.05, 3.63) is 23.7 Å². The summed E-state index contributed by atoms with van der Waals surface area (Å²) in [5, 5.41) is 11.4. The van der Waals surface area contributed by atoms with Crippen LogP contribution < -0.4 is 21.3 Å². The first-order valence-electron chi connectivity index (χ1n) is 18.2. The normalized spacial score (nSPS) is 23.5. The number of hydrogen-bond acceptors (Lipinski definition) is 11.